The van der Waals surface area contributed by atoms with E-state index in [-0.39, 0.29) is 18.0 Å². The molecule has 40 heavy (non-hydrogen) atoms. The number of aromatic nitrogens is 2. The number of pyridine rings is 1. The van der Waals surface area contributed by atoms with Crippen LogP contribution >= 0.6 is 0 Å². The number of carbonyl (C=O) groups is 2. The summed E-state index contributed by atoms with van der Waals surface area (Å²) in [4.78, 5) is 32.8. The van der Waals surface area contributed by atoms with Gasteiger partial charge in [-0.15, -0.1) is 0 Å². The molecule has 3 fully saturated rings. The quantitative estimate of drug-likeness (QED) is 0.429. The van der Waals surface area contributed by atoms with Crippen LogP contribution in [0.1, 0.15) is 61.4 Å². The lowest BCUT2D eigenvalue weighted by atomic mass is 9.80. The highest BCUT2D eigenvalue weighted by Crippen LogP contribution is 2.48. The largest absolute Gasteiger partial charge is 0.465 e. The summed E-state index contributed by atoms with van der Waals surface area (Å²) in [7, 11) is 1.75. The fraction of sp³-hybridized carbons (Fsp3) is 0.516. The van der Waals surface area contributed by atoms with Gasteiger partial charge in [0.25, 0.3) is 5.91 Å². The Bertz CT molecular complexity index is 1420. The molecule has 1 aromatic carbocycles. The Morgan fingerprint density at radius 1 is 1.15 bits per heavy atom. The fourth-order valence-corrected chi connectivity index (χ4v) is 7.28. The van der Waals surface area contributed by atoms with E-state index in [2.05, 4.69) is 27.5 Å². The van der Waals surface area contributed by atoms with E-state index in [0.717, 1.165) is 56.2 Å². The number of nitrogens with zero attached hydrogens (tertiary/aromatic N) is 4. The van der Waals surface area contributed by atoms with Crippen molar-refractivity contribution >= 4 is 22.9 Å². The smallest absolute Gasteiger partial charge is 0.404 e. The van der Waals surface area contributed by atoms with E-state index in [1.54, 1.807) is 18.0 Å². The molecule has 0 spiro atoms. The summed E-state index contributed by atoms with van der Waals surface area (Å²) in [6.45, 7) is 7.16. The monoisotopic (exact) mass is 547 g/mol. The Morgan fingerprint density at radius 2 is 1.88 bits per heavy atom. The van der Waals surface area contributed by atoms with E-state index in [9.17, 15) is 14.0 Å². The van der Waals surface area contributed by atoms with Crippen LogP contribution in [0.4, 0.5) is 9.18 Å². The van der Waals surface area contributed by atoms with Crippen LogP contribution in [0.2, 0.25) is 0 Å². The topological polar surface area (TPSA) is 90.7 Å². The van der Waals surface area contributed by atoms with Crippen LogP contribution < -0.4 is 5.32 Å². The third-order valence-electron chi connectivity index (χ3n) is 9.53. The molecular formula is C31H38FN5O3. The van der Waals surface area contributed by atoms with E-state index in [1.165, 1.54) is 17.7 Å². The summed E-state index contributed by atoms with van der Waals surface area (Å²) in [5, 5.41) is 12.7. The Hall–Kier alpha value is -3.46. The van der Waals surface area contributed by atoms with Crippen molar-refractivity contribution in [2.24, 2.45) is 17.8 Å². The lowest BCUT2D eigenvalue weighted by Gasteiger charge is -2.37. The molecule has 9 heteroatoms. The molecule has 2 aliphatic carbocycles. The Balaban J connectivity index is 1.21. The fourth-order valence-electron chi connectivity index (χ4n) is 7.28. The van der Waals surface area contributed by atoms with Crippen molar-refractivity contribution in [1.29, 1.82) is 0 Å². The molecule has 8 nitrogen and oxygen atoms in total. The number of hydrogen-bond donors (Lipinski definition) is 2. The van der Waals surface area contributed by atoms with Crippen LogP contribution in [0.25, 0.3) is 16.6 Å². The summed E-state index contributed by atoms with van der Waals surface area (Å²) in [6, 6.07) is 6.63. The van der Waals surface area contributed by atoms with Gasteiger partial charge in [-0.25, -0.2) is 9.18 Å². The van der Waals surface area contributed by atoms with Crippen molar-refractivity contribution in [2.75, 3.05) is 26.7 Å². The number of nitrogens with one attached hydrogen (secondary N) is 1. The molecule has 3 aliphatic rings. The maximum Gasteiger partial charge on any atom is 0.404 e. The number of hydrogen-bond acceptors (Lipinski definition) is 4. The summed E-state index contributed by atoms with van der Waals surface area (Å²) in [5.74, 6) is 1.68. The zero-order valence-corrected chi connectivity index (χ0v) is 23.4. The van der Waals surface area contributed by atoms with Crippen LogP contribution in [0.15, 0.2) is 42.9 Å². The molecule has 2 N–H and O–H groups in total. The van der Waals surface area contributed by atoms with Crippen molar-refractivity contribution < 1.29 is 19.1 Å². The molecule has 1 aliphatic heterocycles. The third-order valence-corrected chi connectivity index (χ3v) is 9.53. The number of benzene rings is 1. The zero-order valence-electron chi connectivity index (χ0n) is 23.4. The zero-order chi connectivity index (χ0) is 28.1. The molecule has 3 aromatic rings. The second-order valence-corrected chi connectivity index (χ2v) is 12.4. The molecule has 3 heterocycles. The van der Waals surface area contributed by atoms with Gasteiger partial charge in [0.1, 0.15) is 5.82 Å². The van der Waals surface area contributed by atoms with E-state index in [1.807, 2.05) is 30.8 Å². The lowest BCUT2D eigenvalue weighted by Crippen LogP contribution is -2.47. The van der Waals surface area contributed by atoms with Gasteiger partial charge in [0, 0.05) is 56.5 Å². The van der Waals surface area contributed by atoms with Gasteiger partial charge in [-0.3, -0.25) is 9.78 Å². The molecular weight excluding hydrogens is 509 g/mol. The summed E-state index contributed by atoms with van der Waals surface area (Å²) < 4.78 is 16.4. The molecule has 2 aromatic heterocycles. The maximum atomic E-state index is 14.4. The van der Waals surface area contributed by atoms with Gasteiger partial charge in [-0.2, -0.15) is 0 Å². The van der Waals surface area contributed by atoms with Gasteiger partial charge >= 0.3 is 6.09 Å². The van der Waals surface area contributed by atoms with E-state index in [4.69, 9.17) is 5.11 Å². The van der Waals surface area contributed by atoms with Crippen molar-refractivity contribution in [3.05, 3.63) is 59.8 Å². The molecule has 212 valence electrons. The minimum atomic E-state index is -0.924. The Morgan fingerprint density at radius 3 is 2.55 bits per heavy atom. The average molecular weight is 548 g/mol. The number of likely N-dealkylation sites (tertiary alicyclic amines) is 1. The summed E-state index contributed by atoms with van der Waals surface area (Å²) >= 11 is 0. The molecule has 1 saturated heterocycles. The first-order chi connectivity index (χ1) is 19.2. The minimum Gasteiger partial charge on any atom is -0.465 e. The first-order valence-electron chi connectivity index (χ1n) is 14.4. The van der Waals surface area contributed by atoms with E-state index in [0.29, 0.717) is 34.9 Å². The highest BCUT2D eigenvalue weighted by Gasteiger charge is 2.43. The minimum absolute atomic E-state index is 0.00755. The second kappa shape index (κ2) is 10.5. The van der Waals surface area contributed by atoms with Crippen LogP contribution in [0.3, 0.4) is 0 Å². The molecule has 2 unspecified atom stereocenters. The van der Waals surface area contributed by atoms with Gasteiger partial charge in [0.2, 0.25) is 0 Å². The molecule has 2 atom stereocenters. The van der Waals surface area contributed by atoms with Crippen LogP contribution in [0, 0.1) is 23.6 Å². The Kier molecular flexibility index (Phi) is 7.02. The average Bonchev–Trinajstić information content (AvgIpc) is 3.57. The molecule has 0 bridgehead atoms. The van der Waals surface area contributed by atoms with Crippen molar-refractivity contribution in [1.82, 2.24) is 24.7 Å². The number of carboxylic acid groups (broad SMARTS) is 1. The van der Waals surface area contributed by atoms with Gasteiger partial charge in [-0.05, 0) is 93.0 Å². The summed E-state index contributed by atoms with van der Waals surface area (Å²) in [6.07, 6.45) is 9.02. The number of fused-ring (bicyclic) bond motifs is 2. The van der Waals surface area contributed by atoms with Crippen LogP contribution in [-0.4, -0.2) is 75.2 Å². The molecule has 0 radical (unpaired) electrons. The Labute approximate surface area is 234 Å². The van der Waals surface area contributed by atoms with Gasteiger partial charge in [0.05, 0.1) is 23.0 Å². The van der Waals surface area contributed by atoms with Crippen LogP contribution in [-0.2, 0) is 0 Å². The normalized spacial score (nSPS) is 26.2. The van der Waals surface area contributed by atoms with Gasteiger partial charge < -0.3 is 24.8 Å². The van der Waals surface area contributed by atoms with Crippen LogP contribution in [0.5, 0.6) is 0 Å². The lowest BCUT2D eigenvalue weighted by molar-refractivity contribution is 0.0754. The number of rotatable bonds is 7. The third kappa shape index (κ3) is 4.96. The highest BCUT2D eigenvalue weighted by atomic mass is 19.1. The van der Waals surface area contributed by atoms with Crippen molar-refractivity contribution in [3.8, 4) is 5.69 Å². The number of amides is 2. The summed E-state index contributed by atoms with van der Waals surface area (Å²) in [5.41, 5.74) is 3.22. The first-order valence-corrected chi connectivity index (χ1v) is 14.4. The molecule has 2 amide bonds. The standard InChI is InChI=1S/C31H38FN5O3/c1-18(2)35(3)30(38)26-12-23(32)4-5-28(26)37-17-27(25-6-7-33-13-29(25)37)20-10-21-15-36(16-22(21)11-20)14-19-8-24(9-19)34-31(39)40/h4-7,12-13,17-22,24,34H,8-11,14-16H2,1-3H3,(H,39,40)/t19-,20?,21?,22?,24-. The number of halogens is 1. The predicted molar refractivity (Wildman–Crippen MR) is 151 cm³/mol. The van der Waals surface area contributed by atoms with Crippen molar-refractivity contribution in [3.63, 3.8) is 0 Å². The number of carbonyl (C=O) groups excluding carboxylic acids is 1. The maximum absolute atomic E-state index is 14.4. The van der Waals surface area contributed by atoms with Crippen molar-refractivity contribution in [2.45, 2.75) is 57.5 Å². The van der Waals surface area contributed by atoms with E-state index >= 15 is 0 Å². The van der Waals surface area contributed by atoms with Gasteiger partial charge in [0.15, 0.2) is 0 Å². The highest BCUT2D eigenvalue weighted by molar-refractivity contribution is 5.99. The first kappa shape index (κ1) is 26.7. The molecule has 6 rings (SSSR count). The molecule has 2 saturated carbocycles. The SMILES string of the molecule is CC(C)N(C)C(=O)c1cc(F)ccc1-n1cc(C2CC3CN(C[C@H]4C[C@H](NC(=O)O)C4)CC3C2)c2ccncc21. The van der Waals surface area contributed by atoms with E-state index < -0.39 is 11.9 Å². The predicted octanol–water partition coefficient (Wildman–Crippen LogP) is 5.12. The second-order valence-electron chi connectivity index (χ2n) is 12.4. The van der Waals surface area contributed by atoms with Gasteiger partial charge in [-0.1, -0.05) is 0 Å².